The Bertz CT molecular complexity index is 692. The van der Waals surface area contributed by atoms with E-state index in [1.54, 1.807) is 13.8 Å². The average Bonchev–Trinajstić information content (AvgIpc) is 2.34. The second-order valence-electron chi connectivity index (χ2n) is 4.19. The summed E-state index contributed by atoms with van der Waals surface area (Å²) in [4.78, 5) is 26.6. The van der Waals surface area contributed by atoms with Gasteiger partial charge < -0.3 is 5.11 Å². The van der Waals surface area contributed by atoms with Crippen LogP contribution in [0.3, 0.4) is 0 Å². The van der Waals surface area contributed by atoms with Crippen LogP contribution in [0.25, 0.3) is 10.9 Å². The van der Waals surface area contributed by atoms with E-state index in [0.29, 0.717) is 6.29 Å². The monoisotopic (exact) mass is 250 g/mol. The Morgan fingerprint density at radius 1 is 1.50 bits per heavy atom. The maximum Gasteiger partial charge on any atom is 0.261 e. The SMILES string of the molecule is CC(C)n1cnc2c(F)c(O)c(C=O)cc2c1=O. The lowest BCUT2D eigenvalue weighted by atomic mass is 10.1. The molecule has 1 heterocycles. The van der Waals surface area contributed by atoms with Gasteiger partial charge in [-0.25, -0.2) is 9.37 Å². The number of hydrogen-bond acceptors (Lipinski definition) is 4. The van der Waals surface area contributed by atoms with Gasteiger partial charge in [0.2, 0.25) is 0 Å². The van der Waals surface area contributed by atoms with Crippen LogP contribution < -0.4 is 5.56 Å². The lowest BCUT2D eigenvalue weighted by Gasteiger charge is -2.10. The number of hydrogen-bond donors (Lipinski definition) is 1. The van der Waals surface area contributed by atoms with Crippen molar-refractivity contribution in [3.63, 3.8) is 0 Å². The summed E-state index contributed by atoms with van der Waals surface area (Å²) in [5.41, 5.74) is -0.947. The van der Waals surface area contributed by atoms with E-state index in [9.17, 15) is 19.1 Å². The van der Waals surface area contributed by atoms with Crippen LogP contribution >= 0.6 is 0 Å². The molecule has 2 rings (SSSR count). The number of phenolic OH excluding ortho intramolecular Hbond substituents is 1. The largest absolute Gasteiger partial charge is 0.504 e. The molecule has 0 bridgehead atoms. The molecule has 0 aliphatic heterocycles. The highest BCUT2D eigenvalue weighted by atomic mass is 19.1. The molecule has 0 fully saturated rings. The first-order valence-corrected chi connectivity index (χ1v) is 5.34. The highest BCUT2D eigenvalue weighted by Crippen LogP contribution is 2.25. The summed E-state index contributed by atoms with van der Waals surface area (Å²) in [6.07, 6.45) is 1.52. The minimum Gasteiger partial charge on any atom is -0.504 e. The number of aldehydes is 1. The minimum absolute atomic E-state index is 0.0244. The van der Waals surface area contributed by atoms with E-state index < -0.39 is 17.1 Å². The fourth-order valence-corrected chi connectivity index (χ4v) is 1.71. The first-order chi connectivity index (χ1) is 8.47. The van der Waals surface area contributed by atoms with E-state index in [4.69, 9.17) is 0 Å². The molecule has 0 radical (unpaired) electrons. The van der Waals surface area contributed by atoms with Gasteiger partial charge in [0, 0.05) is 6.04 Å². The Kier molecular flexibility index (Phi) is 2.86. The van der Waals surface area contributed by atoms with E-state index in [2.05, 4.69) is 4.98 Å². The third-order valence-electron chi connectivity index (χ3n) is 2.70. The number of aromatic hydroxyl groups is 1. The Balaban J connectivity index is 2.95. The van der Waals surface area contributed by atoms with Gasteiger partial charge >= 0.3 is 0 Å². The minimum atomic E-state index is -1.05. The van der Waals surface area contributed by atoms with E-state index in [-0.39, 0.29) is 22.5 Å². The van der Waals surface area contributed by atoms with Crippen molar-refractivity contribution < 1.29 is 14.3 Å². The van der Waals surface area contributed by atoms with Gasteiger partial charge in [-0.3, -0.25) is 14.2 Å². The number of halogens is 1. The fourth-order valence-electron chi connectivity index (χ4n) is 1.71. The van der Waals surface area contributed by atoms with Gasteiger partial charge in [-0.2, -0.15) is 0 Å². The molecule has 0 saturated carbocycles. The molecule has 0 aliphatic carbocycles. The van der Waals surface area contributed by atoms with Crippen LogP contribution in [0.2, 0.25) is 0 Å². The van der Waals surface area contributed by atoms with Crippen molar-refractivity contribution >= 4 is 17.2 Å². The molecular weight excluding hydrogens is 239 g/mol. The Labute approximate surface area is 102 Å². The van der Waals surface area contributed by atoms with Crippen molar-refractivity contribution in [2.75, 3.05) is 0 Å². The molecule has 0 unspecified atom stereocenters. The maximum absolute atomic E-state index is 13.7. The van der Waals surface area contributed by atoms with Crippen LogP contribution in [0, 0.1) is 5.82 Å². The standard InChI is InChI=1S/C12H11FN2O3/c1-6(2)15-5-14-10-8(12(15)18)3-7(4-16)11(17)9(10)13/h3-6,17H,1-2H3. The smallest absolute Gasteiger partial charge is 0.261 e. The van der Waals surface area contributed by atoms with Gasteiger partial charge in [0.05, 0.1) is 17.3 Å². The third kappa shape index (κ3) is 1.66. The van der Waals surface area contributed by atoms with Crippen LogP contribution in [0.5, 0.6) is 5.75 Å². The number of rotatable bonds is 2. The van der Waals surface area contributed by atoms with Gasteiger partial charge in [0.25, 0.3) is 5.56 Å². The fraction of sp³-hybridized carbons (Fsp3) is 0.250. The number of aromatic nitrogens is 2. The number of nitrogens with zero attached hydrogens (tertiary/aromatic N) is 2. The topological polar surface area (TPSA) is 72.2 Å². The zero-order chi connectivity index (χ0) is 13.4. The molecular formula is C12H11FN2O3. The zero-order valence-electron chi connectivity index (χ0n) is 9.85. The van der Waals surface area contributed by atoms with Gasteiger partial charge in [-0.05, 0) is 19.9 Å². The number of fused-ring (bicyclic) bond motifs is 1. The molecule has 0 saturated heterocycles. The van der Waals surface area contributed by atoms with Crippen LogP contribution in [-0.2, 0) is 0 Å². The normalized spacial score (nSPS) is 11.1. The van der Waals surface area contributed by atoms with Gasteiger partial charge in [0.1, 0.15) is 5.52 Å². The summed E-state index contributed by atoms with van der Waals surface area (Å²) in [5, 5.41) is 9.39. The average molecular weight is 250 g/mol. The Morgan fingerprint density at radius 3 is 2.72 bits per heavy atom. The first kappa shape index (κ1) is 12.2. The number of carbonyl (C=O) groups is 1. The molecule has 1 aromatic carbocycles. The quantitative estimate of drug-likeness (QED) is 0.822. The first-order valence-electron chi connectivity index (χ1n) is 5.34. The highest BCUT2D eigenvalue weighted by Gasteiger charge is 2.16. The molecule has 0 spiro atoms. The zero-order valence-corrected chi connectivity index (χ0v) is 9.85. The lowest BCUT2D eigenvalue weighted by molar-refractivity contribution is 0.112. The molecule has 18 heavy (non-hydrogen) atoms. The summed E-state index contributed by atoms with van der Waals surface area (Å²) in [5.74, 6) is -1.84. The van der Waals surface area contributed by atoms with E-state index in [1.165, 1.54) is 10.9 Å². The highest BCUT2D eigenvalue weighted by molar-refractivity contribution is 5.90. The van der Waals surface area contributed by atoms with Gasteiger partial charge in [0.15, 0.2) is 17.9 Å². The van der Waals surface area contributed by atoms with Crippen molar-refractivity contribution in [1.82, 2.24) is 9.55 Å². The van der Waals surface area contributed by atoms with E-state index in [0.717, 1.165) is 6.07 Å². The molecule has 0 aliphatic rings. The second-order valence-corrected chi connectivity index (χ2v) is 4.19. The molecule has 94 valence electrons. The Morgan fingerprint density at radius 2 is 2.17 bits per heavy atom. The van der Waals surface area contributed by atoms with Gasteiger partial charge in [-0.15, -0.1) is 0 Å². The molecule has 1 aromatic heterocycles. The molecule has 2 aromatic rings. The van der Waals surface area contributed by atoms with Crippen molar-refractivity contribution in [2.45, 2.75) is 19.9 Å². The van der Waals surface area contributed by atoms with Crippen molar-refractivity contribution in [3.05, 3.63) is 34.1 Å². The van der Waals surface area contributed by atoms with Crippen molar-refractivity contribution in [1.29, 1.82) is 0 Å². The Hall–Kier alpha value is -2.24. The van der Waals surface area contributed by atoms with Crippen LogP contribution in [0.4, 0.5) is 4.39 Å². The molecule has 0 atom stereocenters. The van der Waals surface area contributed by atoms with E-state index >= 15 is 0 Å². The predicted molar refractivity (Wildman–Crippen MR) is 63.4 cm³/mol. The number of phenols is 1. The van der Waals surface area contributed by atoms with Crippen LogP contribution in [0.1, 0.15) is 30.2 Å². The summed E-state index contributed by atoms with van der Waals surface area (Å²) >= 11 is 0. The summed E-state index contributed by atoms with van der Waals surface area (Å²) in [6.45, 7) is 3.57. The summed E-state index contributed by atoms with van der Waals surface area (Å²) in [7, 11) is 0. The van der Waals surface area contributed by atoms with Gasteiger partial charge in [-0.1, -0.05) is 0 Å². The van der Waals surface area contributed by atoms with Crippen molar-refractivity contribution in [3.8, 4) is 5.75 Å². The molecule has 0 amide bonds. The molecule has 5 nitrogen and oxygen atoms in total. The number of benzene rings is 1. The van der Waals surface area contributed by atoms with Crippen molar-refractivity contribution in [2.24, 2.45) is 0 Å². The van der Waals surface area contributed by atoms with Crippen LogP contribution in [0.15, 0.2) is 17.2 Å². The summed E-state index contributed by atoms with van der Waals surface area (Å²) in [6, 6.07) is 1.01. The maximum atomic E-state index is 13.7. The molecule has 1 N–H and O–H groups in total. The second kappa shape index (κ2) is 4.21. The van der Waals surface area contributed by atoms with E-state index in [1.807, 2.05) is 0 Å². The summed E-state index contributed by atoms with van der Waals surface area (Å²) < 4.78 is 15.1. The third-order valence-corrected chi connectivity index (χ3v) is 2.70. The number of carbonyl (C=O) groups excluding carboxylic acids is 1. The lowest BCUT2D eigenvalue weighted by Crippen LogP contribution is -2.22. The molecule has 6 heteroatoms. The van der Waals surface area contributed by atoms with Crippen LogP contribution in [-0.4, -0.2) is 20.9 Å². The predicted octanol–water partition coefficient (Wildman–Crippen LogP) is 1.63.